The lowest BCUT2D eigenvalue weighted by molar-refractivity contribution is -0.238. The quantitative estimate of drug-likeness (QED) is 0.739. The maximum atomic E-state index is 11.0. The third-order valence-electron chi connectivity index (χ3n) is 3.65. The van der Waals surface area contributed by atoms with E-state index in [-0.39, 0.29) is 6.61 Å². The number of fused-ring (bicyclic) bond motifs is 3. The molecule has 0 aromatic carbocycles. The second kappa shape index (κ2) is 5.08. The lowest BCUT2D eigenvalue weighted by Crippen LogP contribution is -2.56. The van der Waals surface area contributed by atoms with Crippen LogP contribution in [0.2, 0.25) is 0 Å². The molecule has 3 fully saturated rings. The minimum absolute atomic E-state index is 0.285. The van der Waals surface area contributed by atoms with Gasteiger partial charge in [0.25, 0.3) is 0 Å². The fourth-order valence-corrected chi connectivity index (χ4v) is 3.31. The molecule has 3 saturated heterocycles. The first-order valence-corrected chi connectivity index (χ1v) is 8.47. The molecule has 0 bridgehead atoms. The summed E-state index contributed by atoms with van der Waals surface area (Å²) in [4.78, 5) is 0. The molecule has 0 unspecified atom stereocenters. The first-order chi connectivity index (χ1) is 9.96. The normalized spacial score (nSPS) is 42.9. The van der Waals surface area contributed by atoms with E-state index in [0.717, 1.165) is 0 Å². The van der Waals surface area contributed by atoms with E-state index in [1.54, 1.807) is 27.7 Å². The highest BCUT2D eigenvalue weighted by Crippen LogP contribution is 2.44. The lowest BCUT2D eigenvalue weighted by Gasteiger charge is -2.36. The number of rotatable bonds is 3. The highest BCUT2D eigenvalue weighted by Gasteiger charge is 2.60. The van der Waals surface area contributed by atoms with E-state index >= 15 is 0 Å². The molecule has 5 atom stereocenters. The zero-order valence-corrected chi connectivity index (χ0v) is 13.7. The van der Waals surface area contributed by atoms with Crippen LogP contribution in [0, 0.1) is 0 Å². The topological polar surface area (TPSA) is 116 Å². The van der Waals surface area contributed by atoms with Crippen LogP contribution < -0.4 is 5.14 Å². The Labute approximate surface area is 129 Å². The van der Waals surface area contributed by atoms with Gasteiger partial charge in [-0.1, -0.05) is 0 Å². The van der Waals surface area contributed by atoms with Crippen LogP contribution in [0.3, 0.4) is 0 Å². The summed E-state index contributed by atoms with van der Waals surface area (Å²) in [5.74, 6) is -1.67. The van der Waals surface area contributed by atoms with Crippen LogP contribution in [0.15, 0.2) is 0 Å². The zero-order valence-electron chi connectivity index (χ0n) is 12.8. The minimum Gasteiger partial charge on any atom is -0.342 e. The SMILES string of the molecule is CC1(C)O[C@H]2[C@@H](O1)[C@@H](COS(N)(=O)=O)O[C@@H]1OC(C)(C)O[C@@H]12. The molecule has 0 aliphatic carbocycles. The molecule has 0 aromatic rings. The fraction of sp³-hybridized carbons (Fsp3) is 1.00. The van der Waals surface area contributed by atoms with Crippen molar-refractivity contribution in [3.05, 3.63) is 0 Å². The molecule has 3 rings (SSSR count). The van der Waals surface area contributed by atoms with Gasteiger partial charge in [-0.05, 0) is 27.7 Å². The summed E-state index contributed by atoms with van der Waals surface area (Å²) in [5, 5.41) is 4.86. The van der Waals surface area contributed by atoms with Gasteiger partial charge in [-0.2, -0.15) is 8.42 Å². The number of ether oxygens (including phenoxy) is 5. The molecular formula is C12H21NO8S. The summed E-state index contributed by atoms with van der Waals surface area (Å²) in [5.41, 5.74) is 0. The monoisotopic (exact) mass is 339 g/mol. The van der Waals surface area contributed by atoms with Crippen molar-refractivity contribution in [3.8, 4) is 0 Å². The second-order valence-electron chi connectivity index (χ2n) is 6.49. The van der Waals surface area contributed by atoms with Gasteiger partial charge in [0.15, 0.2) is 17.9 Å². The smallest absolute Gasteiger partial charge is 0.333 e. The van der Waals surface area contributed by atoms with Crippen LogP contribution >= 0.6 is 0 Å². The van der Waals surface area contributed by atoms with Crippen molar-refractivity contribution in [1.82, 2.24) is 0 Å². The van der Waals surface area contributed by atoms with E-state index < -0.39 is 52.6 Å². The van der Waals surface area contributed by atoms with Crippen molar-refractivity contribution >= 4 is 10.3 Å². The Balaban J connectivity index is 1.81. The van der Waals surface area contributed by atoms with Gasteiger partial charge in [-0.15, -0.1) is 0 Å². The summed E-state index contributed by atoms with van der Waals surface area (Å²) in [6, 6.07) is 0. The van der Waals surface area contributed by atoms with Crippen LogP contribution in [-0.4, -0.2) is 57.3 Å². The number of nitrogens with two attached hydrogens (primary N) is 1. The highest BCUT2D eigenvalue weighted by atomic mass is 32.2. The molecule has 0 aromatic heterocycles. The molecule has 10 heteroatoms. The molecule has 2 N–H and O–H groups in total. The van der Waals surface area contributed by atoms with E-state index in [2.05, 4.69) is 4.18 Å². The number of hydrogen-bond donors (Lipinski definition) is 1. The summed E-state index contributed by atoms with van der Waals surface area (Å²) in [6.07, 6.45) is -2.86. The van der Waals surface area contributed by atoms with Gasteiger partial charge in [-0.25, -0.2) is 5.14 Å². The largest absolute Gasteiger partial charge is 0.342 e. The van der Waals surface area contributed by atoms with Crippen LogP contribution in [0.25, 0.3) is 0 Å². The Morgan fingerprint density at radius 2 is 1.50 bits per heavy atom. The molecule has 0 saturated carbocycles. The highest BCUT2D eigenvalue weighted by molar-refractivity contribution is 7.84. The van der Waals surface area contributed by atoms with Crippen molar-refractivity contribution in [1.29, 1.82) is 0 Å². The van der Waals surface area contributed by atoms with Gasteiger partial charge in [0, 0.05) is 0 Å². The van der Waals surface area contributed by atoms with Crippen molar-refractivity contribution in [2.45, 2.75) is 70.0 Å². The molecule has 0 amide bonds. The first-order valence-electron chi connectivity index (χ1n) is 7.00. The molecule has 9 nitrogen and oxygen atoms in total. The van der Waals surface area contributed by atoms with Gasteiger partial charge >= 0.3 is 10.3 Å². The Morgan fingerprint density at radius 3 is 2.14 bits per heavy atom. The molecule has 3 aliphatic heterocycles. The van der Waals surface area contributed by atoms with Gasteiger partial charge in [0.2, 0.25) is 0 Å². The van der Waals surface area contributed by atoms with Gasteiger partial charge in [-0.3, -0.25) is 4.18 Å². The molecule has 3 heterocycles. The summed E-state index contributed by atoms with van der Waals surface area (Å²) >= 11 is 0. The molecular weight excluding hydrogens is 318 g/mol. The maximum absolute atomic E-state index is 11.0. The van der Waals surface area contributed by atoms with E-state index in [1.807, 2.05) is 0 Å². The van der Waals surface area contributed by atoms with E-state index in [0.29, 0.717) is 0 Å². The van der Waals surface area contributed by atoms with Gasteiger partial charge < -0.3 is 23.7 Å². The Bertz CT molecular complexity index is 547. The van der Waals surface area contributed by atoms with Crippen LogP contribution in [-0.2, 0) is 38.2 Å². The predicted octanol–water partition coefficient (Wildman–Crippen LogP) is -0.397. The summed E-state index contributed by atoms with van der Waals surface area (Å²) in [7, 11) is -4.07. The van der Waals surface area contributed by atoms with E-state index in [1.165, 1.54) is 0 Å². The Hall–Kier alpha value is -0.330. The zero-order chi connectivity index (χ0) is 16.3. The molecule has 3 aliphatic rings. The third-order valence-corrected chi connectivity index (χ3v) is 4.11. The molecule has 128 valence electrons. The molecule has 0 spiro atoms. The van der Waals surface area contributed by atoms with Crippen molar-refractivity contribution in [2.75, 3.05) is 6.61 Å². The minimum atomic E-state index is -4.07. The van der Waals surface area contributed by atoms with Crippen LogP contribution in [0.1, 0.15) is 27.7 Å². The average molecular weight is 339 g/mol. The lowest BCUT2D eigenvalue weighted by atomic mass is 9.99. The van der Waals surface area contributed by atoms with Gasteiger partial charge in [0.1, 0.15) is 24.4 Å². The Kier molecular flexibility index (Phi) is 3.82. The van der Waals surface area contributed by atoms with Crippen LogP contribution in [0.4, 0.5) is 0 Å². The van der Waals surface area contributed by atoms with Crippen molar-refractivity contribution in [2.24, 2.45) is 5.14 Å². The van der Waals surface area contributed by atoms with E-state index in [9.17, 15) is 8.42 Å². The maximum Gasteiger partial charge on any atom is 0.333 e. The average Bonchev–Trinajstić information content (AvgIpc) is 2.79. The van der Waals surface area contributed by atoms with Crippen molar-refractivity contribution in [3.63, 3.8) is 0 Å². The van der Waals surface area contributed by atoms with E-state index in [4.69, 9.17) is 28.8 Å². The number of hydrogen-bond acceptors (Lipinski definition) is 8. The summed E-state index contributed by atoms with van der Waals surface area (Å²) in [6.45, 7) is 6.77. The van der Waals surface area contributed by atoms with Crippen molar-refractivity contribution < 1.29 is 36.3 Å². The first kappa shape index (κ1) is 16.5. The third kappa shape index (κ3) is 3.29. The Morgan fingerprint density at radius 1 is 0.955 bits per heavy atom. The molecule has 0 radical (unpaired) electrons. The molecule has 22 heavy (non-hydrogen) atoms. The van der Waals surface area contributed by atoms with Crippen LogP contribution in [0.5, 0.6) is 0 Å². The fourth-order valence-electron chi connectivity index (χ4n) is 2.99. The standard InChI is InChI=1S/C12H21NO8S/c1-11(2)18-7-6(5-16-22(13,14)15)17-10-9(8(7)19-11)20-12(3,4)21-10/h6-10H,5H2,1-4H3,(H2,13,14,15)/t6-,7+,8+,9-,10-/m1/s1. The summed E-state index contributed by atoms with van der Waals surface area (Å²) < 4.78 is 55.6. The van der Waals surface area contributed by atoms with Gasteiger partial charge in [0.05, 0.1) is 6.61 Å². The second-order valence-corrected chi connectivity index (χ2v) is 7.71. The predicted molar refractivity (Wildman–Crippen MR) is 71.6 cm³/mol.